The van der Waals surface area contributed by atoms with Gasteiger partial charge in [0.1, 0.15) is 10.8 Å². The highest BCUT2D eigenvalue weighted by molar-refractivity contribution is 6.41. The van der Waals surface area contributed by atoms with Crippen molar-refractivity contribution in [2.24, 2.45) is 7.05 Å². The zero-order valence-corrected chi connectivity index (χ0v) is 13.6. The average Bonchev–Trinajstić information content (AvgIpc) is 2.61. The molecule has 0 aliphatic carbocycles. The Labute approximate surface area is 125 Å². The van der Waals surface area contributed by atoms with Gasteiger partial charge in [0.25, 0.3) is 5.91 Å². The third-order valence-electron chi connectivity index (χ3n) is 3.22. The topological polar surface area (TPSA) is 25.2 Å². The summed E-state index contributed by atoms with van der Waals surface area (Å²) in [5.74, 6) is -0.0117. The fraction of sp³-hybridized carbons (Fsp3) is 0.643. The zero-order chi connectivity index (χ0) is 14.6. The number of hydrogen-bond acceptors (Lipinski definition) is 1. The van der Waals surface area contributed by atoms with E-state index in [1.165, 1.54) is 0 Å². The first-order valence-corrected chi connectivity index (χ1v) is 7.47. The molecule has 1 amide bonds. The van der Waals surface area contributed by atoms with E-state index in [1.807, 2.05) is 18.7 Å². The Morgan fingerprint density at radius 1 is 1.37 bits per heavy atom. The van der Waals surface area contributed by atoms with Crippen molar-refractivity contribution in [2.45, 2.75) is 46.1 Å². The Bertz CT molecular complexity index is 441. The van der Waals surface area contributed by atoms with Crippen LogP contribution >= 0.6 is 23.2 Å². The maximum Gasteiger partial charge on any atom is 0.270 e. The van der Waals surface area contributed by atoms with Gasteiger partial charge < -0.3 is 9.47 Å². The number of aromatic nitrogens is 1. The van der Waals surface area contributed by atoms with E-state index >= 15 is 0 Å². The fourth-order valence-corrected chi connectivity index (χ4v) is 2.40. The maximum absolute atomic E-state index is 12.6. The molecule has 3 nitrogen and oxygen atoms in total. The smallest absolute Gasteiger partial charge is 0.270 e. The number of unbranched alkanes of at least 4 members (excludes halogenated alkanes) is 2. The summed E-state index contributed by atoms with van der Waals surface area (Å²) in [5.41, 5.74) is 0.542. The van der Waals surface area contributed by atoms with Gasteiger partial charge in [0, 0.05) is 19.6 Å². The lowest BCUT2D eigenvalue weighted by Gasteiger charge is -2.27. The van der Waals surface area contributed by atoms with Gasteiger partial charge in [0.05, 0.1) is 5.02 Å². The molecule has 1 heterocycles. The van der Waals surface area contributed by atoms with E-state index in [-0.39, 0.29) is 11.9 Å². The lowest BCUT2D eigenvalue weighted by Crippen LogP contribution is -2.38. The first kappa shape index (κ1) is 16.4. The molecule has 0 atom stereocenters. The second-order valence-electron chi connectivity index (χ2n) is 5.03. The van der Waals surface area contributed by atoms with Crippen LogP contribution in [0.2, 0.25) is 10.2 Å². The SMILES string of the molecule is CCCCCN(C(=O)c1cc(Cl)c(Cl)n1C)C(C)C. The van der Waals surface area contributed by atoms with E-state index in [0.29, 0.717) is 15.9 Å². The molecule has 0 N–H and O–H groups in total. The number of carbonyl (C=O) groups excluding carboxylic acids is 1. The molecule has 0 fully saturated rings. The molecule has 1 aromatic heterocycles. The number of nitrogens with zero attached hydrogens (tertiary/aromatic N) is 2. The normalized spacial score (nSPS) is 11.1. The van der Waals surface area contributed by atoms with Crippen LogP contribution in [0.25, 0.3) is 0 Å². The van der Waals surface area contributed by atoms with E-state index < -0.39 is 0 Å². The van der Waals surface area contributed by atoms with Crippen LogP contribution in [0.3, 0.4) is 0 Å². The van der Waals surface area contributed by atoms with Crippen molar-refractivity contribution in [1.82, 2.24) is 9.47 Å². The van der Waals surface area contributed by atoms with Crippen molar-refractivity contribution in [3.05, 3.63) is 21.9 Å². The second-order valence-corrected chi connectivity index (χ2v) is 5.79. The summed E-state index contributed by atoms with van der Waals surface area (Å²) in [6.07, 6.45) is 3.29. The molecule has 0 aromatic carbocycles. The highest BCUT2D eigenvalue weighted by atomic mass is 35.5. The molecule has 0 radical (unpaired) electrons. The van der Waals surface area contributed by atoms with Crippen molar-refractivity contribution < 1.29 is 4.79 Å². The van der Waals surface area contributed by atoms with Crippen LogP contribution in [0.4, 0.5) is 0 Å². The molecule has 1 rings (SSSR count). The van der Waals surface area contributed by atoms with Gasteiger partial charge in [-0.15, -0.1) is 0 Å². The molecule has 0 saturated heterocycles. The van der Waals surface area contributed by atoms with E-state index in [2.05, 4.69) is 6.92 Å². The summed E-state index contributed by atoms with van der Waals surface area (Å²) in [6.45, 7) is 6.97. The predicted octanol–water partition coefficient (Wildman–Crippen LogP) is 4.37. The summed E-state index contributed by atoms with van der Waals surface area (Å²) in [7, 11) is 1.76. The average molecular weight is 305 g/mol. The minimum Gasteiger partial charge on any atom is -0.335 e. The van der Waals surface area contributed by atoms with Crippen molar-refractivity contribution in [3.63, 3.8) is 0 Å². The molecule has 5 heteroatoms. The molecular formula is C14H22Cl2N2O. The third kappa shape index (κ3) is 3.90. The minimum absolute atomic E-state index is 0.0117. The van der Waals surface area contributed by atoms with Gasteiger partial charge in [-0.25, -0.2) is 0 Å². The van der Waals surface area contributed by atoms with Crippen LogP contribution < -0.4 is 0 Å². The van der Waals surface area contributed by atoms with Crippen LogP contribution in [0.15, 0.2) is 6.07 Å². The maximum atomic E-state index is 12.6. The molecule has 1 aromatic rings. The molecule has 0 unspecified atom stereocenters. The molecular weight excluding hydrogens is 283 g/mol. The standard InChI is InChI=1S/C14H22Cl2N2O/c1-5-6-7-8-18(10(2)3)14(19)12-9-11(15)13(16)17(12)4/h9-10H,5-8H2,1-4H3. The number of carbonyl (C=O) groups is 1. The first-order chi connectivity index (χ1) is 8.90. The number of amides is 1. The van der Waals surface area contributed by atoms with Gasteiger partial charge in [-0.3, -0.25) is 4.79 Å². The Kier molecular flexibility index (Phi) is 6.21. The molecule has 108 valence electrons. The highest BCUT2D eigenvalue weighted by Crippen LogP contribution is 2.26. The zero-order valence-electron chi connectivity index (χ0n) is 12.0. The van der Waals surface area contributed by atoms with Crippen LogP contribution in [0.1, 0.15) is 50.5 Å². The van der Waals surface area contributed by atoms with Crippen molar-refractivity contribution in [2.75, 3.05) is 6.54 Å². The van der Waals surface area contributed by atoms with E-state index in [4.69, 9.17) is 23.2 Å². The Hall–Kier alpha value is -0.670. The predicted molar refractivity (Wildman–Crippen MR) is 81.1 cm³/mol. The summed E-state index contributed by atoms with van der Waals surface area (Å²) in [6, 6.07) is 1.80. The summed E-state index contributed by atoms with van der Waals surface area (Å²) in [4.78, 5) is 14.4. The lowest BCUT2D eigenvalue weighted by molar-refractivity contribution is 0.0692. The third-order valence-corrected chi connectivity index (χ3v) is 4.06. The molecule has 0 saturated carbocycles. The molecule has 0 aliphatic rings. The van der Waals surface area contributed by atoms with Crippen LogP contribution in [0.5, 0.6) is 0 Å². The van der Waals surface area contributed by atoms with Gasteiger partial charge in [0.2, 0.25) is 0 Å². The molecule has 19 heavy (non-hydrogen) atoms. The van der Waals surface area contributed by atoms with Crippen LogP contribution in [-0.4, -0.2) is 28.0 Å². The Morgan fingerprint density at radius 3 is 2.42 bits per heavy atom. The second kappa shape index (κ2) is 7.20. The highest BCUT2D eigenvalue weighted by Gasteiger charge is 2.23. The van der Waals surface area contributed by atoms with E-state index in [1.54, 1.807) is 17.7 Å². The van der Waals surface area contributed by atoms with Crippen molar-refractivity contribution in [1.29, 1.82) is 0 Å². The number of rotatable bonds is 6. The summed E-state index contributed by atoms with van der Waals surface area (Å²) in [5, 5.41) is 0.826. The number of hydrogen-bond donors (Lipinski definition) is 0. The van der Waals surface area contributed by atoms with Crippen LogP contribution in [0, 0.1) is 0 Å². The van der Waals surface area contributed by atoms with Gasteiger partial charge in [-0.05, 0) is 26.3 Å². The van der Waals surface area contributed by atoms with Crippen molar-refractivity contribution >= 4 is 29.1 Å². The lowest BCUT2D eigenvalue weighted by atomic mass is 10.2. The number of halogens is 2. The van der Waals surface area contributed by atoms with Crippen LogP contribution in [-0.2, 0) is 7.05 Å². The van der Waals surface area contributed by atoms with Crippen molar-refractivity contribution in [3.8, 4) is 0 Å². The van der Waals surface area contributed by atoms with Gasteiger partial charge in [0.15, 0.2) is 0 Å². The molecule has 0 bridgehead atoms. The summed E-state index contributed by atoms with van der Waals surface area (Å²) < 4.78 is 1.64. The molecule has 0 spiro atoms. The van der Waals surface area contributed by atoms with Gasteiger partial charge in [-0.1, -0.05) is 43.0 Å². The quantitative estimate of drug-likeness (QED) is 0.716. The summed E-state index contributed by atoms with van der Waals surface area (Å²) >= 11 is 12.0. The Balaban J connectivity index is 2.90. The largest absolute Gasteiger partial charge is 0.335 e. The minimum atomic E-state index is -0.0117. The van der Waals surface area contributed by atoms with Gasteiger partial charge >= 0.3 is 0 Å². The van der Waals surface area contributed by atoms with E-state index in [9.17, 15) is 4.79 Å². The Morgan fingerprint density at radius 2 is 2.00 bits per heavy atom. The van der Waals surface area contributed by atoms with E-state index in [0.717, 1.165) is 25.8 Å². The first-order valence-electron chi connectivity index (χ1n) is 6.71. The van der Waals surface area contributed by atoms with Gasteiger partial charge in [-0.2, -0.15) is 0 Å². The molecule has 0 aliphatic heterocycles. The fourth-order valence-electron chi connectivity index (χ4n) is 2.02. The monoisotopic (exact) mass is 304 g/mol.